The minimum absolute atomic E-state index is 0.0312. The van der Waals surface area contributed by atoms with Crippen molar-refractivity contribution < 1.29 is 66.8 Å². The molecule has 0 bridgehead atoms. The Morgan fingerprint density at radius 3 is 1.00 bits per heavy atom. The van der Waals surface area contributed by atoms with Gasteiger partial charge in [-0.3, -0.25) is 38.4 Å². The van der Waals surface area contributed by atoms with Crippen LogP contribution >= 0.6 is 0 Å². The van der Waals surface area contributed by atoms with Crippen LogP contribution in [0.1, 0.15) is 67.2 Å². The van der Waals surface area contributed by atoms with E-state index in [1.165, 1.54) is 27.7 Å². The van der Waals surface area contributed by atoms with Crippen molar-refractivity contribution in [3.63, 3.8) is 0 Å². The Balaban J connectivity index is 6.15. The number of esters is 6. The van der Waals surface area contributed by atoms with E-state index in [9.17, 15) is 38.4 Å². The molecule has 0 rings (SSSR count). The smallest absolute Gasteiger partial charge is 0.319 e. The molecule has 2 atom stereocenters. The lowest BCUT2D eigenvalue weighted by molar-refractivity contribution is -0.177. The number of hydrogen-bond acceptors (Lipinski definition) is 14. The van der Waals surface area contributed by atoms with Gasteiger partial charge in [0.25, 0.3) is 0 Å². The molecule has 232 valence electrons. The first kappa shape index (κ1) is 37.2. The van der Waals surface area contributed by atoms with Crippen LogP contribution in [0.5, 0.6) is 0 Å². The van der Waals surface area contributed by atoms with E-state index in [-0.39, 0.29) is 12.8 Å². The summed E-state index contributed by atoms with van der Waals surface area (Å²) in [6.45, 7) is 5.27. The first-order valence-corrected chi connectivity index (χ1v) is 12.8. The third-order valence-electron chi connectivity index (χ3n) is 6.56. The molecule has 0 fully saturated rings. The quantitative estimate of drug-likeness (QED) is 0.126. The maximum atomic E-state index is 12.7. The molecule has 2 unspecified atom stereocenters. The van der Waals surface area contributed by atoms with Crippen LogP contribution in [0.3, 0.4) is 0 Å². The van der Waals surface area contributed by atoms with Gasteiger partial charge in [0, 0.05) is 12.8 Å². The van der Waals surface area contributed by atoms with E-state index < -0.39 is 103 Å². The van der Waals surface area contributed by atoms with Gasteiger partial charge in [-0.2, -0.15) is 0 Å². The number of methoxy groups -OCH3 is 2. The molecule has 0 radical (unpaired) electrons. The number of hydrogen-bond donors (Lipinski definition) is 0. The van der Waals surface area contributed by atoms with Gasteiger partial charge in [0.05, 0.1) is 27.1 Å². The second-order valence-electron chi connectivity index (χ2n) is 9.96. The molecule has 14 nitrogen and oxygen atoms in total. The molecule has 0 saturated heterocycles. The van der Waals surface area contributed by atoms with Crippen molar-refractivity contribution in [1.29, 1.82) is 0 Å². The summed E-state index contributed by atoms with van der Waals surface area (Å²) in [6.07, 6.45) is -1.47. The minimum atomic E-state index is -1.85. The fourth-order valence-electron chi connectivity index (χ4n) is 3.20. The van der Waals surface area contributed by atoms with Crippen LogP contribution in [0.25, 0.3) is 0 Å². The summed E-state index contributed by atoms with van der Waals surface area (Å²) in [6, 6.07) is 0. The molecule has 0 heterocycles. The minimum Gasteiger partial charge on any atom is -0.468 e. The largest absolute Gasteiger partial charge is 0.468 e. The zero-order valence-corrected chi connectivity index (χ0v) is 24.9. The Labute approximate surface area is 238 Å². The zero-order chi connectivity index (χ0) is 32.0. The molecule has 0 aliphatic heterocycles. The van der Waals surface area contributed by atoms with Crippen molar-refractivity contribution in [1.82, 2.24) is 0 Å². The van der Waals surface area contributed by atoms with Crippen molar-refractivity contribution in [3.8, 4) is 0 Å². The summed E-state index contributed by atoms with van der Waals surface area (Å²) in [4.78, 5) is 97.9. The predicted octanol–water partition coefficient (Wildman–Crippen LogP) is 1.28. The molecule has 0 aromatic carbocycles. The Hall–Kier alpha value is -3.84. The highest BCUT2D eigenvalue weighted by atomic mass is 16.6. The summed E-state index contributed by atoms with van der Waals surface area (Å²) in [5, 5.41) is 0. The number of ketones is 2. The van der Waals surface area contributed by atoms with Crippen LogP contribution in [-0.4, -0.2) is 88.0 Å². The van der Waals surface area contributed by atoms with Crippen LogP contribution < -0.4 is 0 Å². The molecule has 0 saturated carbocycles. The van der Waals surface area contributed by atoms with E-state index >= 15 is 0 Å². The molecule has 14 heteroatoms. The summed E-state index contributed by atoms with van der Waals surface area (Å²) in [5.74, 6) is -6.63. The highest BCUT2D eigenvalue weighted by Gasteiger charge is 2.45. The van der Waals surface area contributed by atoms with E-state index in [1.54, 1.807) is 0 Å². The van der Waals surface area contributed by atoms with Crippen molar-refractivity contribution in [2.75, 3.05) is 40.6 Å². The summed E-state index contributed by atoms with van der Waals surface area (Å²) >= 11 is 0. The number of ether oxygens (including phenoxy) is 6. The Bertz CT molecular complexity index is 935. The van der Waals surface area contributed by atoms with Gasteiger partial charge in [0.1, 0.15) is 54.2 Å². The second-order valence-corrected chi connectivity index (χ2v) is 9.96. The number of Topliss-reactive ketones (excluding diaryl/α,β-unsaturated/α-hetero) is 2. The molecule has 0 aromatic heterocycles. The van der Waals surface area contributed by atoms with Gasteiger partial charge in [-0.1, -0.05) is 13.8 Å². The van der Waals surface area contributed by atoms with Gasteiger partial charge >= 0.3 is 35.8 Å². The maximum Gasteiger partial charge on any atom is 0.319 e. The predicted molar refractivity (Wildman–Crippen MR) is 138 cm³/mol. The lowest BCUT2D eigenvalue weighted by Gasteiger charge is -2.32. The van der Waals surface area contributed by atoms with Crippen LogP contribution in [0.4, 0.5) is 0 Å². The molecule has 0 N–H and O–H groups in total. The first-order valence-electron chi connectivity index (χ1n) is 12.8. The van der Waals surface area contributed by atoms with Gasteiger partial charge in [-0.25, -0.2) is 0 Å². The Kier molecular flexibility index (Phi) is 14.9. The monoisotopic (exact) mass is 588 g/mol. The molecule has 0 aromatic rings. The van der Waals surface area contributed by atoms with Crippen molar-refractivity contribution in [2.24, 2.45) is 16.2 Å². The molecule has 0 aliphatic carbocycles. The van der Waals surface area contributed by atoms with E-state index in [4.69, 9.17) is 18.9 Å². The summed E-state index contributed by atoms with van der Waals surface area (Å²) in [5.41, 5.74) is -5.35. The van der Waals surface area contributed by atoms with Crippen LogP contribution in [-0.2, 0) is 66.8 Å². The second kappa shape index (κ2) is 16.4. The highest BCUT2D eigenvalue weighted by Crippen LogP contribution is 2.29. The van der Waals surface area contributed by atoms with E-state index in [1.807, 2.05) is 0 Å². The molecular formula is C27H40O14. The van der Waals surface area contributed by atoms with Gasteiger partial charge < -0.3 is 28.4 Å². The summed E-state index contributed by atoms with van der Waals surface area (Å²) < 4.78 is 30.3. The molecular weight excluding hydrogens is 548 g/mol. The average Bonchev–Trinajstić information content (AvgIpc) is 2.94. The van der Waals surface area contributed by atoms with Crippen molar-refractivity contribution >= 4 is 47.4 Å². The topological polar surface area (TPSA) is 192 Å². The summed E-state index contributed by atoms with van der Waals surface area (Å²) in [7, 11) is 2.10. The molecule has 0 spiro atoms. The number of carbonyl (C=O) groups is 8. The highest BCUT2D eigenvalue weighted by molar-refractivity contribution is 6.05. The lowest BCUT2D eigenvalue weighted by atomic mass is 9.83. The van der Waals surface area contributed by atoms with Gasteiger partial charge in [-0.05, 0) is 27.7 Å². The molecule has 0 amide bonds. The van der Waals surface area contributed by atoms with E-state index in [2.05, 4.69) is 9.47 Å². The normalized spacial score (nSPS) is 13.9. The van der Waals surface area contributed by atoms with Crippen LogP contribution in [0, 0.1) is 16.2 Å². The fourth-order valence-corrected chi connectivity index (χ4v) is 3.20. The maximum absolute atomic E-state index is 12.7. The van der Waals surface area contributed by atoms with E-state index in [0.717, 1.165) is 28.1 Å². The SMILES string of the molecule is CCC(=O)OCC(COC(=O)CC)(COC(=O)CC(C)(C(C)=O)C(=O)OC)COC(=O)CC(C)(C(C)=O)C(=O)OC. The molecule has 0 aliphatic rings. The van der Waals surface area contributed by atoms with Crippen LogP contribution in [0.2, 0.25) is 0 Å². The van der Waals surface area contributed by atoms with Gasteiger partial charge in [-0.15, -0.1) is 0 Å². The Morgan fingerprint density at radius 1 is 0.512 bits per heavy atom. The third kappa shape index (κ3) is 10.9. The first-order chi connectivity index (χ1) is 19.0. The lowest BCUT2D eigenvalue weighted by Crippen LogP contribution is -2.45. The van der Waals surface area contributed by atoms with Crippen molar-refractivity contribution in [3.05, 3.63) is 0 Å². The van der Waals surface area contributed by atoms with Gasteiger partial charge in [0.2, 0.25) is 0 Å². The zero-order valence-electron chi connectivity index (χ0n) is 24.9. The fraction of sp³-hybridized carbons (Fsp3) is 0.704. The standard InChI is InChI=1S/C27H40O14/c1-9-19(30)38-13-27(14-39-20(31)10-2,15-40-21(32)11-25(5,17(3)28)23(34)36-7)16-41-22(33)12-26(6,18(4)29)24(35)37-8/h9-16H2,1-8H3. The number of carbonyl (C=O) groups excluding carboxylic acids is 8. The van der Waals surface area contributed by atoms with Crippen LogP contribution in [0.15, 0.2) is 0 Å². The molecule has 41 heavy (non-hydrogen) atoms. The van der Waals surface area contributed by atoms with E-state index in [0.29, 0.717) is 0 Å². The average molecular weight is 589 g/mol. The number of rotatable bonds is 18. The Morgan fingerprint density at radius 2 is 0.780 bits per heavy atom. The van der Waals surface area contributed by atoms with Gasteiger partial charge in [0.15, 0.2) is 0 Å². The third-order valence-corrected chi connectivity index (χ3v) is 6.56. The van der Waals surface area contributed by atoms with Crippen molar-refractivity contribution in [2.45, 2.75) is 67.2 Å².